The molecule has 0 aromatic heterocycles. The third kappa shape index (κ3) is 9.52. The Kier molecular flexibility index (Phi) is 6.24. The maximum Gasteiger partial charge on any atom is 0.408 e. The lowest BCUT2D eigenvalue weighted by Crippen LogP contribution is -2.39. The first-order valence-corrected chi connectivity index (χ1v) is 5.84. The number of carboxylic acids is 1. The van der Waals surface area contributed by atoms with Crippen LogP contribution in [0.3, 0.4) is 0 Å². The summed E-state index contributed by atoms with van der Waals surface area (Å²) in [5.41, 5.74) is -0.591. The SMILES string of the molecule is CC(C)C[C@@H](C#CC(=O)O)NC(=O)OC(C)(C)C. The van der Waals surface area contributed by atoms with E-state index < -0.39 is 23.7 Å². The maximum absolute atomic E-state index is 11.5. The van der Waals surface area contributed by atoms with Crippen LogP contribution in [0.4, 0.5) is 4.79 Å². The zero-order chi connectivity index (χ0) is 14.3. The summed E-state index contributed by atoms with van der Waals surface area (Å²) in [4.78, 5) is 21.9. The predicted molar refractivity (Wildman–Crippen MR) is 68.0 cm³/mol. The molecular formula is C13H21NO4. The minimum Gasteiger partial charge on any atom is -0.472 e. The summed E-state index contributed by atoms with van der Waals surface area (Å²) in [7, 11) is 0. The predicted octanol–water partition coefficient (Wildman–Crippen LogP) is 2.01. The molecule has 0 saturated heterocycles. The Morgan fingerprint density at radius 1 is 1.33 bits per heavy atom. The molecule has 5 heteroatoms. The van der Waals surface area contributed by atoms with E-state index in [1.54, 1.807) is 20.8 Å². The number of hydrogen-bond acceptors (Lipinski definition) is 3. The fourth-order valence-electron chi connectivity index (χ4n) is 1.22. The van der Waals surface area contributed by atoms with Crippen LogP contribution in [0.1, 0.15) is 41.0 Å². The van der Waals surface area contributed by atoms with Crippen LogP contribution in [0.25, 0.3) is 0 Å². The number of rotatable bonds is 3. The van der Waals surface area contributed by atoms with Crippen molar-refractivity contribution in [2.75, 3.05) is 0 Å². The van der Waals surface area contributed by atoms with E-state index >= 15 is 0 Å². The highest BCUT2D eigenvalue weighted by Crippen LogP contribution is 2.08. The van der Waals surface area contributed by atoms with E-state index in [-0.39, 0.29) is 5.92 Å². The number of carbonyl (C=O) groups is 2. The van der Waals surface area contributed by atoms with Gasteiger partial charge in [-0.05, 0) is 33.1 Å². The molecule has 1 atom stereocenters. The first kappa shape index (κ1) is 16.3. The van der Waals surface area contributed by atoms with Gasteiger partial charge in [0.2, 0.25) is 0 Å². The summed E-state index contributed by atoms with van der Waals surface area (Å²) in [6.45, 7) is 9.20. The zero-order valence-electron chi connectivity index (χ0n) is 11.5. The zero-order valence-corrected chi connectivity index (χ0v) is 11.5. The van der Waals surface area contributed by atoms with Crippen LogP contribution in [-0.4, -0.2) is 28.8 Å². The van der Waals surface area contributed by atoms with E-state index in [4.69, 9.17) is 9.84 Å². The summed E-state index contributed by atoms with van der Waals surface area (Å²) in [5.74, 6) is 3.59. The van der Waals surface area contributed by atoms with Crippen molar-refractivity contribution in [2.24, 2.45) is 5.92 Å². The smallest absolute Gasteiger partial charge is 0.408 e. The number of amides is 1. The number of hydrogen-bond donors (Lipinski definition) is 2. The summed E-state index contributed by atoms with van der Waals surface area (Å²) in [6, 6.07) is -0.518. The second kappa shape index (κ2) is 6.90. The van der Waals surface area contributed by atoms with Crippen LogP contribution in [-0.2, 0) is 9.53 Å². The van der Waals surface area contributed by atoms with E-state index in [1.807, 2.05) is 19.8 Å². The van der Waals surface area contributed by atoms with Crippen molar-refractivity contribution in [1.82, 2.24) is 5.32 Å². The van der Waals surface area contributed by atoms with Gasteiger partial charge in [0, 0.05) is 5.92 Å². The molecule has 0 saturated carbocycles. The lowest BCUT2D eigenvalue weighted by Gasteiger charge is -2.22. The van der Waals surface area contributed by atoms with Gasteiger partial charge >= 0.3 is 12.1 Å². The Balaban J connectivity index is 4.56. The minimum atomic E-state index is -1.21. The van der Waals surface area contributed by atoms with Gasteiger partial charge < -0.3 is 15.2 Å². The van der Waals surface area contributed by atoms with Gasteiger partial charge in [-0.15, -0.1) is 0 Å². The summed E-state index contributed by atoms with van der Waals surface area (Å²) >= 11 is 0. The van der Waals surface area contributed by atoms with Crippen molar-refractivity contribution in [2.45, 2.75) is 52.7 Å². The molecule has 0 aromatic carbocycles. The van der Waals surface area contributed by atoms with Crippen molar-refractivity contribution in [3.05, 3.63) is 0 Å². The normalized spacial score (nSPS) is 12.3. The number of carbonyl (C=O) groups excluding carboxylic acids is 1. The summed E-state index contributed by atoms with van der Waals surface area (Å²) < 4.78 is 5.09. The van der Waals surface area contributed by atoms with Crippen LogP contribution in [0, 0.1) is 17.8 Å². The number of nitrogens with one attached hydrogen (secondary N) is 1. The Labute approximate surface area is 108 Å². The lowest BCUT2D eigenvalue weighted by molar-refractivity contribution is -0.130. The Hall–Kier alpha value is -1.70. The van der Waals surface area contributed by atoms with Crippen LogP contribution in [0.2, 0.25) is 0 Å². The topological polar surface area (TPSA) is 75.6 Å². The molecule has 0 fully saturated rings. The first-order valence-electron chi connectivity index (χ1n) is 5.84. The van der Waals surface area contributed by atoms with Crippen LogP contribution >= 0.6 is 0 Å². The largest absolute Gasteiger partial charge is 0.472 e. The van der Waals surface area contributed by atoms with Gasteiger partial charge in [0.25, 0.3) is 0 Å². The molecule has 0 unspecified atom stereocenters. The molecule has 0 radical (unpaired) electrons. The molecule has 0 aliphatic heterocycles. The van der Waals surface area contributed by atoms with Gasteiger partial charge in [-0.25, -0.2) is 9.59 Å². The van der Waals surface area contributed by atoms with Crippen LogP contribution in [0.15, 0.2) is 0 Å². The van der Waals surface area contributed by atoms with E-state index in [2.05, 4.69) is 11.2 Å². The molecule has 2 N–H and O–H groups in total. The molecule has 0 spiro atoms. The quantitative estimate of drug-likeness (QED) is 0.756. The molecule has 0 bridgehead atoms. The van der Waals surface area contributed by atoms with Gasteiger partial charge in [0.05, 0.1) is 6.04 Å². The Bertz CT molecular complexity index is 357. The first-order chi connectivity index (χ1) is 8.10. The van der Waals surface area contributed by atoms with Gasteiger partial charge in [-0.3, -0.25) is 0 Å². The van der Waals surface area contributed by atoms with Gasteiger partial charge in [0.1, 0.15) is 5.60 Å². The number of ether oxygens (including phenoxy) is 1. The molecule has 0 rings (SSSR count). The average Bonchev–Trinajstić information content (AvgIpc) is 2.09. The van der Waals surface area contributed by atoms with Crippen molar-refractivity contribution in [1.29, 1.82) is 0 Å². The highest BCUT2D eigenvalue weighted by atomic mass is 16.6. The number of aliphatic carboxylic acids is 1. The van der Waals surface area contributed by atoms with E-state index in [9.17, 15) is 9.59 Å². The van der Waals surface area contributed by atoms with Crippen LogP contribution in [0.5, 0.6) is 0 Å². The third-order valence-electron chi connectivity index (χ3n) is 1.75. The van der Waals surface area contributed by atoms with Crippen LogP contribution < -0.4 is 5.32 Å². The standard InChI is InChI=1S/C13H21NO4/c1-9(2)8-10(6-7-11(15)16)14-12(17)18-13(3,4)5/h9-10H,8H2,1-5H3,(H,14,17)(H,15,16)/t10-/m1/s1. The van der Waals surface area contributed by atoms with E-state index in [0.717, 1.165) is 0 Å². The molecule has 0 aromatic rings. The molecule has 0 heterocycles. The molecule has 0 aliphatic rings. The van der Waals surface area contributed by atoms with Crippen molar-refractivity contribution in [3.63, 3.8) is 0 Å². The molecular weight excluding hydrogens is 234 g/mol. The minimum absolute atomic E-state index is 0.285. The number of carboxylic acid groups (broad SMARTS) is 1. The third-order valence-corrected chi connectivity index (χ3v) is 1.75. The van der Waals surface area contributed by atoms with E-state index in [1.165, 1.54) is 0 Å². The molecule has 5 nitrogen and oxygen atoms in total. The molecule has 102 valence electrons. The Morgan fingerprint density at radius 3 is 2.28 bits per heavy atom. The Morgan fingerprint density at radius 2 is 1.89 bits per heavy atom. The maximum atomic E-state index is 11.5. The monoisotopic (exact) mass is 255 g/mol. The highest BCUT2D eigenvalue weighted by Gasteiger charge is 2.19. The molecule has 1 amide bonds. The fraction of sp³-hybridized carbons (Fsp3) is 0.692. The fourth-order valence-corrected chi connectivity index (χ4v) is 1.22. The average molecular weight is 255 g/mol. The van der Waals surface area contributed by atoms with Gasteiger partial charge in [0.15, 0.2) is 0 Å². The highest BCUT2D eigenvalue weighted by molar-refractivity contribution is 5.86. The number of alkyl carbamates (subject to hydrolysis) is 1. The van der Waals surface area contributed by atoms with Gasteiger partial charge in [-0.1, -0.05) is 19.8 Å². The van der Waals surface area contributed by atoms with Gasteiger partial charge in [-0.2, -0.15) is 0 Å². The van der Waals surface area contributed by atoms with Crippen molar-refractivity contribution in [3.8, 4) is 11.8 Å². The lowest BCUT2D eigenvalue weighted by atomic mass is 10.0. The summed E-state index contributed by atoms with van der Waals surface area (Å²) in [6.07, 6.45) is -0.0210. The molecule has 0 aliphatic carbocycles. The van der Waals surface area contributed by atoms with Crippen molar-refractivity contribution < 1.29 is 19.4 Å². The molecule has 18 heavy (non-hydrogen) atoms. The van der Waals surface area contributed by atoms with Crippen molar-refractivity contribution >= 4 is 12.1 Å². The second-order valence-corrected chi connectivity index (χ2v) is 5.40. The van der Waals surface area contributed by atoms with E-state index in [0.29, 0.717) is 6.42 Å². The summed E-state index contributed by atoms with van der Waals surface area (Å²) in [5, 5.41) is 11.1. The second-order valence-electron chi connectivity index (χ2n) is 5.40.